The molecule has 2 aromatic rings. The van der Waals surface area contributed by atoms with E-state index in [0.717, 1.165) is 0 Å². The van der Waals surface area contributed by atoms with Crippen molar-refractivity contribution in [2.75, 3.05) is 26.8 Å². The van der Waals surface area contributed by atoms with Crippen LogP contribution in [-0.4, -0.2) is 66.5 Å². The maximum Gasteiger partial charge on any atom is 0.409 e. The van der Waals surface area contributed by atoms with E-state index in [4.69, 9.17) is 9.47 Å². The number of amides is 4. The Labute approximate surface area is 197 Å². The molecule has 178 valence electrons. The number of hydrogen-bond acceptors (Lipinski definition) is 6. The quantitative estimate of drug-likeness (QED) is 0.658. The third kappa shape index (κ3) is 4.59. The maximum atomic E-state index is 13.1. The fourth-order valence-electron chi connectivity index (χ4n) is 4.28. The molecule has 0 aromatic heterocycles. The van der Waals surface area contributed by atoms with Gasteiger partial charge in [0.05, 0.1) is 37.0 Å². The number of carbonyl (C=O) groups excluding carboxylic acids is 4. The molecule has 1 N–H and O–H groups in total. The van der Waals surface area contributed by atoms with Crippen LogP contribution in [0.15, 0.2) is 42.5 Å². The minimum Gasteiger partial charge on any atom is -0.496 e. The highest BCUT2D eigenvalue weighted by Crippen LogP contribution is 2.26. The largest absolute Gasteiger partial charge is 0.496 e. The van der Waals surface area contributed by atoms with Crippen LogP contribution in [0, 0.1) is 0 Å². The van der Waals surface area contributed by atoms with Crippen molar-refractivity contribution in [3.63, 3.8) is 0 Å². The Morgan fingerprint density at radius 2 is 1.68 bits per heavy atom. The Morgan fingerprint density at radius 1 is 1.03 bits per heavy atom. The van der Waals surface area contributed by atoms with Gasteiger partial charge in [-0.05, 0) is 49.6 Å². The van der Waals surface area contributed by atoms with Crippen molar-refractivity contribution in [3.8, 4) is 5.75 Å². The second-order valence-corrected chi connectivity index (χ2v) is 8.21. The predicted octanol–water partition coefficient (Wildman–Crippen LogP) is 2.84. The van der Waals surface area contributed by atoms with Crippen LogP contribution in [0.3, 0.4) is 0 Å². The summed E-state index contributed by atoms with van der Waals surface area (Å²) >= 11 is 0. The predicted molar refractivity (Wildman–Crippen MR) is 123 cm³/mol. The molecule has 2 aromatic carbocycles. The van der Waals surface area contributed by atoms with E-state index in [1.165, 1.54) is 12.0 Å². The van der Waals surface area contributed by atoms with Crippen LogP contribution in [0.4, 0.5) is 4.79 Å². The fraction of sp³-hybridized carbons (Fsp3) is 0.360. The fourth-order valence-corrected chi connectivity index (χ4v) is 4.28. The highest BCUT2D eigenvalue weighted by Gasteiger charge is 2.35. The summed E-state index contributed by atoms with van der Waals surface area (Å²) in [6.07, 6.45) is 0.887. The lowest BCUT2D eigenvalue weighted by Gasteiger charge is -2.31. The molecule has 0 unspecified atom stereocenters. The van der Waals surface area contributed by atoms with Crippen molar-refractivity contribution in [2.45, 2.75) is 32.4 Å². The summed E-state index contributed by atoms with van der Waals surface area (Å²) in [5.41, 5.74) is 1.73. The lowest BCUT2D eigenvalue weighted by atomic mass is 10.0. The van der Waals surface area contributed by atoms with Crippen molar-refractivity contribution in [3.05, 3.63) is 64.7 Å². The number of benzene rings is 2. The van der Waals surface area contributed by atoms with Gasteiger partial charge < -0.3 is 19.7 Å². The summed E-state index contributed by atoms with van der Waals surface area (Å²) in [4.78, 5) is 53.1. The van der Waals surface area contributed by atoms with E-state index in [0.29, 0.717) is 60.5 Å². The Hall–Kier alpha value is -3.88. The van der Waals surface area contributed by atoms with Gasteiger partial charge in [0.1, 0.15) is 5.75 Å². The van der Waals surface area contributed by atoms with Crippen LogP contribution in [0.5, 0.6) is 5.75 Å². The number of piperidine rings is 1. The van der Waals surface area contributed by atoms with Crippen LogP contribution in [-0.2, 0) is 11.3 Å². The first-order valence-corrected chi connectivity index (χ1v) is 11.3. The molecular weight excluding hydrogens is 438 g/mol. The van der Waals surface area contributed by atoms with Crippen LogP contribution in [0.2, 0.25) is 0 Å². The minimum absolute atomic E-state index is 0.0501. The van der Waals surface area contributed by atoms with E-state index in [9.17, 15) is 19.2 Å². The smallest absolute Gasteiger partial charge is 0.409 e. The summed E-state index contributed by atoms with van der Waals surface area (Å²) in [5.74, 6) is -0.616. The number of imide groups is 1. The van der Waals surface area contributed by atoms with Gasteiger partial charge in [0.15, 0.2) is 0 Å². The molecule has 2 heterocycles. The van der Waals surface area contributed by atoms with Gasteiger partial charge in [-0.25, -0.2) is 4.79 Å². The number of nitrogens with one attached hydrogen (secondary N) is 1. The van der Waals surface area contributed by atoms with Gasteiger partial charge in [-0.3, -0.25) is 19.3 Å². The second kappa shape index (κ2) is 9.94. The van der Waals surface area contributed by atoms with Crippen molar-refractivity contribution in [1.82, 2.24) is 15.1 Å². The zero-order chi connectivity index (χ0) is 24.2. The van der Waals surface area contributed by atoms with Crippen molar-refractivity contribution in [2.24, 2.45) is 0 Å². The number of ether oxygens (including phenoxy) is 2. The molecule has 0 saturated carbocycles. The van der Waals surface area contributed by atoms with E-state index >= 15 is 0 Å². The molecule has 0 radical (unpaired) electrons. The van der Waals surface area contributed by atoms with E-state index in [2.05, 4.69) is 5.32 Å². The van der Waals surface area contributed by atoms with Gasteiger partial charge in [-0.1, -0.05) is 18.2 Å². The van der Waals surface area contributed by atoms with E-state index in [1.807, 2.05) is 0 Å². The molecule has 1 fully saturated rings. The second-order valence-electron chi connectivity index (χ2n) is 8.21. The lowest BCUT2D eigenvalue weighted by Crippen LogP contribution is -2.46. The lowest BCUT2D eigenvalue weighted by molar-refractivity contribution is 0.0641. The monoisotopic (exact) mass is 465 g/mol. The first-order chi connectivity index (χ1) is 16.4. The van der Waals surface area contributed by atoms with Crippen LogP contribution in [0.1, 0.15) is 56.4 Å². The third-order valence-corrected chi connectivity index (χ3v) is 6.08. The number of hydrogen-bond donors (Lipinski definition) is 1. The van der Waals surface area contributed by atoms with Gasteiger partial charge in [0, 0.05) is 19.1 Å². The Kier molecular flexibility index (Phi) is 6.81. The average Bonchev–Trinajstić information content (AvgIpc) is 3.09. The molecule has 1 saturated heterocycles. The highest BCUT2D eigenvalue weighted by atomic mass is 16.6. The number of carbonyl (C=O) groups is 4. The summed E-state index contributed by atoms with van der Waals surface area (Å²) in [6.45, 7) is 3.14. The normalized spacial score (nSPS) is 15.8. The van der Waals surface area contributed by atoms with Crippen LogP contribution >= 0.6 is 0 Å². The maximum absolute atomic E-state index is 13.1. The first-order valence-electron chi connectivity index (χ1n) is 11.3. The van der Waals surface area contributed by atoms with E-state index < -0.39 is 0 Å². The molecule has 0 aliphatic carbocycles. The van der Waals surface area contributed by atoms with Gasteiger partial charge in [0.2, 0.25) is 0 Å². The zero-order valence-corrected chi connectivity index (χ0v) is 19.2. The molecule has 0 atom stereocenters. The average molecular weight is 466 g/mol. The summed E-state index contributed by atoms with van der Waals surface area (Å²) < 4.78 is 10.4. The molecule has 9 nitrogen and oxygen atoms in total. The van der Waals surface area contributed by atoms with E-state index in [1.54, 1.807) is 54.3 Å². The number of rotatable bonds is 6. The van der Waals surface area contributed by atoms with Gasteiger partial charge in [-0.2, -0.15) is 0 Å². The van der Waals surface area contributed by atoms with Crippen LogP contribution in [0.25, 0.3) is 0 Å². The number of fused-ring (bicyclic) bond motifs is 1. The number of likely N-dealkylation sites (tertiary alicyclic amines) is 1. The number of methoxy groups -OCH3 is 1. The summed E-state index contributed by atoms with van der Waals surface area (Å²) in [7, 11) is 1.48. The van der Waals surface area contributed by atoms with Crippen molar-refractivity contribution >= 4 is 23.8 Å². The molecular formula is C25H27N3O6. The van der Waals surface area contributed by atoms with Crippen molar-refractivity contribution in [1.29, 1.82) is 0 Å². The molecule has 0 spiro atoms. The van der Waals surface area contributed by atoms with Gasteiger partial charge >= 0.3 is 6.09 Å². The standard InChI is InChI=1S/C25H27N3O6/c1-3-34-25(32)27-12-10-17(11-13-27)26-22(29)20-14-16(8-9-21(20)33-2)15-28-23(30)18-6-4-5-7-19(18)24(28)31/h4-9,14,17H,3,10-13,15H2,1-2H3,(H,26,29). The van der Waals surface area contributed by atoms with Gasteiger partial charge in [0.25, 0.3) is 17.7 Å². The molecule has 2 aliphatic rings. The molecule has 9 heteroatoms. The minimum atomic E-state index is -0.351. The van der Waals surface area contributed by atoms with E-state index in [-0.39, 0.29) is 36.4 Å². The molecule has 2 aliphatic heterocycles. The topological polar surface area (TPSA) is 105 Å². The van der Waals surface area contributed by atoms with Crippen LogP contribution < -0.4 is 10.1 Å². The first kappa shape index (κ1) is 23.3. The Morgan fingerprint density at radius 3 is 2.26 bits per heavy atom. The Bertz CT molecular complexity index is 1090. The molecule has 4 rings (SSSR count). The number of nitrogens with zero attached hydrogens (tertiary/aromatic N) is 2. The Balaban J connectivity index is 1.44. The van der Waals surface area contributed by atoms with Gasteiger partial charge in [-0.15, -0.1) is 0 Å². The van der Waals surface area contributed by atoms with Crippen molar-refractivity contribution < 1.29 is 28.7 Å². The summed E-state index contributed by atoms with van der Waals surface area (Å²) in [6, 6.07) is 11.7. The third-order valence-electron chi connectivity index (χ3n) is 6.08. The molecule has 34 heavy (non-hydrogen) atoms. The zero-order valence-electron chi connectivity index (χ0n) is 19.2. The summed E-state index contributed by atoms with van der Waals surface area (Å²) in [5, 5.41) is 3.01. The SMILES string of the molecule is CCOC(=O)N1CCC(NC(=O)c2cc(CN3C(=O)c4ccccc4C3=O)ccc2OC)CC1. The molecule has 4 amide bonds. The molecule has 0 bridgehead atoms. The highest BCUT2D eigenvalue weighted by molar-refractivity contribution is 6.21.